The number of hydrogen-bond acceptors (Lipinski definition) is 1. The van der Waals surface area contributed by atoms with Gasteiger partial charge in [0, 0.05) is 29.0 Å². The van der Waals surface area contributed by atoms with Crippen molar-refractivity contribution in [1.82, 2.24) is 4.57 Å². The Kier molecular flexibility index (Phi) is 5.25. The molecular formula is C21H25ClN2. The number of benzene rings is 1. The average molecular weight is 341 g/mol. The highest BCUT2D eigenvalue weighted by Crippen LogP contribution is 2.40. The molecule has 0 radical (unpaired) electrons. The first kappa shape index (κ1) is 17.0. The molecule has 0 spiro atoms. The van der Waals surface area contributed by atoms with Crippen molar-refractivity contribution in [2.45, 2.75) is 45.6 Å². The molecule has 0 amide bonds. The van der Waals surface area contributed by atoms with Crippen molar-refractivity contribution >= 4 is 29.2 Å². The summed E-state index contributed by atoms with van der Waals surface area (Å²) in [7, 11) is 0. The number of nitrogens with zero attached hydrogens (tertiary/aromatic N) is 2. The van der Waals surface area contributed by atoms with E-state index in [4.69, 9.17) is 11.6 Å². The Labute approximate surface area is 149 Å². The summed E-state index contributed by atoms with van der Waals surface area (Å²) in [4.78, 5) is 4.61. The fourth-order valence-corrected chi connectivity index (χ4v) is 4.02. The van der Waals surface area contributed by atoms with Gasteiger partial charge in [-0.3, -0.25) is 0 Å². The van der Waals surface area contributed by atoms with E-state index in [1.54, 1.807) is 0 Å². The van der Waals surface area contributed by atoms with E-state index >= 15 is 0 Å². The molecular weight excluding hydrogens is 316 g/mol. The summed E-state index contributed by atoms with van der Waals surface area (Å²) in [6.07, 6.45) is 8.82. The van der Waals surface area contributed by atoms with Crippen LogP contribution < -0.4 is 0 Å². The second kappa shape index (κ2) is 7.40. The van der Waals surface area contributed by atoms with Crippen LogP contribution in [0.25, 0.3) is 5.57 Å². The maximum Gasteiger partial charge on any atom is 0.139 e. The van der Waals surface area contributed by atoms with Crippen molar-refractivity contribution < 1.29 is 0 Å². The molecule has 0 bridgehead atoms. The maximum absolute atomic E-state index is 6.11. The summed E-state index contributed by atoms with van der Waals surface area (Å²) in [5.41, 5.74) is 3.57. The largest absolute Gasteiger partial charge is 0.329 e. The minimum absolute atomic E-state index is 0.529. The Morgan fingerprint density at radius 2 is 2.21 bits per heavy atom. The van der Waals surface area contributed by atoms with Crippen LogP contribution in [0.15, 0.2) is 48.1 Å². The van der Waals surface area contributed by atoms with Gasteiger partial charge in [0.2, 0.25) is 0 Å². The third kappa shape index (κ3) is 3.64. The molecule has 3 rings (SSSR count). The first-order chi connectivity index (χ1) is 11.6. The van der Waals surface area contributed by atoms with E-state index < -0.39 is 0 Å². The quantitative estimate of drug-likeness (QED) is 0.554. The zero-order valence-electron chi connectivity index (χ0n) is 14.5. The number of rotatable bonds is 5. The number of hydrogen-bond donors (Lipinski definition) is 0. The van der Waals surface area contributed by atoms with Gasteiger partial charge in [-0.05, 0) is 74.8 Å². The Hall–Kier alpha value is -1.80. The smallest absolute Gasteiger partial charge is 0.139 e. The minimum Gasteiger partial charge on any atom is -0.329 e. The molecule has 1 saturated carbocycles. The SMILES string of the molecule is C=C(C)c1ccn(C2CCC(Cc3cccc(Cl)c3)C2)c1N=CC. The zero-order chi connectivity index (χ0) is 17.1. The normalized spacial score (nSPS) is 20.8. The fraction of sp³-hybridized carbons (Fsp3) is 0.381. The Morgan fingerprint density at radius 1 is 1.38 bits per heavy atom. The Balaban J connectivity index is 1.75. The number of halogens is 1. The molecule has 1 aliphatic rings. The summed E-state index contributed by atoms with van der Waals surface area (Å²) in [6.45, 7) is 8.10. The van der Waals surface area contributed by atoms with E-state index in [0.29, 0.717) is 12.0 Å². The third-order valence-corrected chi connectivity index (χ3v) is 5.15. The maximum atomic E-state index is 6.11. The van der Waals surface area contributed by atoms with Gasteiger partial charge in [0.1, 0.15) is 5.82 Å². The van der Waals surface area contributed by atoms with Gasteiger partial charge in [0.05, 0.1) is 0 Å². The lowest BCUT2D eigenvalue weighted by Gasteiger charge is -2.16. The van der Waals surface area contributed by atoms with E-state index in [1.165, 1.54) is 24.8 Å². The van der Waals surface area contributed by atoms with Gasteiger partial charge in [0.25, 0.3) is 0 Å². The number of allylic oxidation sites excluding steroid dienone is 1. The van der Waals surface area contributed by atoms with Crippen molar-refractivity contribution in [3.63, 3.8) is 0 Å². The molecule has 126 valence electrons. The van der Waals surface area contributed by atoms with Gasteiger partial charge in [-0.15, -0.1) is 0 Å². The van der Waals surface area contributed by atoms with Gasteiger partial charge in [-0.1, -0.05) is 30.3 Å². The fourth-order valence-electron chi connectivity index (χ4n) is 3.81. The Morgan fingerprint density at radius 3 is 2.92 bits per heavy atom. The average Bonchev–Trinajstić information content (AvgIpc) is 3.14. The van der Waals surface area contributed by atoms with Crippen molar-refractivity contribution in [3.05, 3.63) is 59.3 Å². The van der Waals surface area contributed by atoms with Crippen molar-refractivity contribution in [2.75, 3.05) is 0 Å². The lowest BCUT2D eigenvalue weighted by Crippen LogP contribution is -2.05. The van der Waals surface area contributed by atoms with Crippen molar-refractivity contribution in [2.24, 2.45) is 10.9 Å². The second-order valence-electron chi connectivity index (χ2n) is 6.79. The van der Waals surface area contributed by atoms with Gasteiger partial charge >= 0.3 is 0 Å². The van der Waals surface area contributed by atoms with E-state index in [-0.39, 0.29) is 0 Å². The van der Waals surface area contributed by atoms with Crippen molar-refractivity contribution in [1.29, 1.82) is 0 Å². The van der Waals surface area contributed by atoms with E-state index in [2.05, 4.69) is 40.5 Å². The molecule has 1 heterocycles. The molecule has 0 aliphatic heterocycles. The number of aliphatic imine (C=N–C) groups is 1. The molecule has 1 aliphatic carbocycles. The first-order valence-corrected chi connectivity index (χ1v) is 9.06. The lowest BCUT2D eigenvalue weighted by molar-refractivity contribution is 0.478. The molecule has 1 aromatic carbocycles. The number of aromatic nitrogens is 1. The summed E-state index contributed by atoms with van der Waals surface area (Å²) in [6, 6.07) is 10.9. The molecule has 24 heavy (non-hydrogen) atoms. The molecule has 1 aromatic heterocycles. The summed E-state index contributed by atoms with van der Waals surface area (Å²) in [5, 5.41) is 0.832. The summed E-state index contributed by atoms with van der Waals surface area (Å²) < 4.78 is 2.35. The van der Waals surface area contributed by atoms with Crippen LogP contribution in [-0.2, 0) is 6.42 Å². The molecule has 1 fully saturated rings. The van der Waals surface area contributed by atoms with Crippen LogP contribution in [-0.4, -0.2) is 10.8 Å². The highest BCUT2D eigenvalue weighted by Gasteiger charge is 2.27. The predicted octanol–water partition coefficient (Wildman–Crippen LogP) is 6.48. The van der Waals surface area contributed by atoms with Gasteiger partial charge in [-0.2, -0.15) is 0 Å². The molecule has 0 N–H and O–H groups in total. The van der Waals surface area contributed by atoms with E-state index in [9.17, 15) is 0 Å². The second-order valence-corrected chi connectivity index (χ2v) is 7.23. The van der Waals surface area contributed by atoms with Crippen LogP contribution in [0.3, 0.4) is 0 Å². The van der Waals surface area contributed by atoms with Crippen LogP contribution in [0.4, 0.5) is 5.82 Å². The third-order valence-electron chi connectivity index (χ3n) is 4.92. The lowest BCUT2D eigenvalue weighted by atomic mass is 9.98. The zero-order valence-corrected chi connectivity index (χ0v) is 15.3. The van der Waals surface area contributed by atoms with Crippen molar-refractivity contribution in [3.8, 4) is 0 Å². The molecule has 2 aromatic rings. The summed E-state index contributed by atoms with van der Waals surface area (Å²) in [5.74, 6) is 1.76. The first-order valence-electron chi connectivity index (χ1n) is 8.68. The van der Waals surface area contributed by atoms with Gasteiger partial charge < -0.3 is 4.57 Å². The Bertz CT molecular complexity index is 757. The van der Waals surface area contributed by atoms with Gasteiger partial charge in [-0.25, -0.2) is 4.99 Å². The standard InChI is InChI=1S/C21H25ClN2/c1-4-23-21-20(15(2)3)10-11-24(21)19-9-8-17(14-19)12-16-6-5-7-18(22)13-16/h4-7,10-11,13,17,19H,2,8-9,12,14H2,1,3H3. The molecule has 2 nitrogen and oxygen atoms in total. The van der Waals surface area contributed by atoms with Gasteiger partial charge in [0.15, 0.2) is 0 Å². The highest BCUT2D eigenvalue weighted by atomic mass is 35.5. The highest BCUT2D eigenvalue weighted by molar-refractivity contribution is 6.30. The molecule has 0 saturated heterocycles. The van der Waals surface area contributed by atoms with E-state index in [1.807, 2.05) is 32.2 Å². The topological polar surface area (TPSA) is 17.3 Å². The molecule has 2 unspecified atom stereocenters. The van der Waals surface area contributed by atoms with Crippen LogP contribution >= 0.6 is 11.6 Å². The van der Waals surface area contributed by atoms with Crippen LogP contribution in [0.2, 0.25) is 5.02 Å². The van der Waals surface area contributed by atoms with Crippen LogP contribution in [0.5, 0.6) is 0 Å². The minimum atomic E-state index is 0.529. The van der Waals surface area contributed by atoms with Crippen LogP contribution in [0, 0.1) is 5.92 Å². The van der Waals surface area contributed by atoms with Crippen LogP contribution in [0.1, 0.15) is 50.3 Å². The monoisotopic (exact) mass is 340 g/mol. The van der Waals surface area contributed by atoms with E-state index in [0.717, 1.165) is 28.4 Å². The molecule has 2 atom stereocenters. The molecule has 3 heteroatoms. The summed E-state index contributed by atoms with van der Waals surface area (Å²) >= 11 is 6.11. The predicted molar refractivity (Wildman–Crippen MR) is 105 cm³/mol.